The van der Waals surface area contributed by atoms with Crippen LogP contribution in [0.15, 0.2) is 48.6 Å². The Bertz CT molecular complexity index is 1610. The molecule has 2 amide bonds. The number of rotatable bonds is 4. The standard InChI is InChI=1S/C36H46ClN3O5S/c1-4-28-9-5-6-10-32(44-21-34(41)38-2)29-14-11-26(29)20-40-22-36(17-7-8-24-18-27(37)13-15-30(24)36)23-45-33-16-12-25(19-31(33)40)35(42)39-46(28,3)43/h6,10,12-13,15-16,18-19,26,28-29,32H,3-5,7-9,11,14,17,20-23H2,1-2H3,(H,38,41)(H,39,42,43)/b10-6-/t26-,28+,29+,32-,36-,46?/m0/s1. The molecule has 46 heavy (non-hydrogen) atoms. The first-order valence-corrected chi connectivity index (χ1v) is 18.8. The predicted octanol–water partition coefficient (Wildman–Crippen LogP) is 5.46. The summed E-state index contributed by atoms with van der Waals surface area (Å²) in [5.74, 6) is 4.75. The smallest absolute Gasteiger partial charge is 0.262 e. The molecular formula is C36H46ClN3O5S. The van der Waals surface area contributed by atoms with Gasteiger partial charge in [0, 0.05) is 41.4 Å². The molecule has 6 rings (SSSR count). The lowest BCUT2D eigenvalue weighted by Crippen LogP contribution is -2.50. The Labute approximate surface area is 278 Å². The molecule has 2 aromatic carbocycles. The van der Waals surface area contributed by atoms with Crippen LogP contribution in [-0.2, 0) is 31.1 Å². The largest absolute Gasteiger partial charge is 0.490 e. The van der Waals surface area contributed by atoms with Crippen molar-refractivity contribution in [2.75, 3.05) is 38.3 Å². The molecule has 1 saturated carbocycles. The number of hydrogen-bond donors (Lipinski definition) is 2. The maximum Gasteiger partial charge on any atom is 0.262 e. The van der Waals surface area contributed by atoms with E-state index in [-0.39, 0.29) is 41.1 Å². The minimum Gasteiger partial charge on any atom is -0.490 e. The zero-order chi connectivity index (χ0) is 32.5. The molecular weight excluding hydrogens is 622 g/mol. The Kier molecular flexibility index (Phi) is 9.74. The van der Waals surface area contributed by atoms with E-state index in [4.69, 9.17) is 21.1 Å². The molecule has 4 aliphatic rings. The van der Waals surface area contributed by atoms with E-state index in [1.54, 1.807) is 13.1 Å². The van der Waals surface area contributed by atoms with Crippen LogP contribution >= 0.6 is 11.6 Å². The van der Waals surface area contributed by atoms with Crippen LogP contribution in [0.1, 0.15) is 73.4 Å². The third-order valence-corrected chi connectivity index (χ3v) is 13.0. The quantitative estimate of drug-likeness (QED) is 0.332. The van der Waals surface area contributed by atoms with Crippen LogP contribution < -0.4 is 19.7 Å². The molecule has 248 valence electrons. The van der Waals surface area contributed by atoms with Gasteiger partial charge < -0.3 is 19.7 Å². The van der Waals surface area contributed by atoms with Crippen molar-refractivity contribution in [3.8, 4) is 5.75 Å². The molecule has 0 saturated heterocycles. The molecule has 1 spiro atoms. The van der Waals surface area contributed by atoms with Crippen molar-refractivity contribution in [3.05, 3.63) is 70.3 Å². The van der Waals surface area contributed by atoms with Gasteiger partial charge in [-0.1, -0.05) is 36.7 Å². The van der Waals surface area contributed by atoms with Crippen molar-refractivity contribution in [3.63, 3.8) is 0 Å². The molecule has 2 aliphatic heterocycles. The number of aryl methyl sites for hydroxylation is 1. The second-order valence-electron chi connectivity index (χ2n) is 13.4. The Morgan fingerprint density at radius 3 is 2.85 bits per heavy atom. The predicted molar refractivity (Wildman–Crippen MR) is 185 cm³/mol. The van der Waals surface area contributed by atoms with E-state index in [1.165, 1.54) is 11.1 Å². The van der Waals surface area contributed by atoms with E-state index in [0.29, 0.717) is 37.4 Å². The normalized spacial score (nSPS) is 31.7. The summed E-state index contributed by atoms with van der Waals surface area (Å²) >= 11 is 6.44. The fourth-order valence-electron chi connectivity index (χ4n) is 7.83. The van der Waals surface area contributed by atoms with Crippen LogP contribution in [0.25, 0.3) is 0 Å². The zero-order valence-corrected chi connectivity index (χ0v) is 28.5. The highest BCUT2D eigenvalue weighted by Gasteiger charge is 2.44. The maximum absolute atomic E-state index is 13.8. The van der Waals surface area contributed by atoms with Crippen molar-refractivity contribution in [1.82, 2.24) is 10.0 Å². The third-order valence-electron chi connectivity index (χ3n) is 10.6. The highest BCUT2D eigenvalue weighted by atomic mass is 35.5. The number of allylic oxidation sites excluding steroid dienone is 1. The summed E-state index contributed by atoms with van der Waals surface area (Å²) in [6.45, 7) is 3.98. The number of nitrogens with zero attached hydrogens (tertiary/aromatic N) is 1. The van der Waals surface area contributed by atoms with Gasteiger partial charge in [0.05, 0.1) is 28.1 Å². The Morgan fingerprint density at radius 2 is 2.09 bits per heavy atom. The van der Waals surface area contributed by atoms with Gasteiger partial charge in [-0.25, -0.2) is 4.21 Å². The number of carbonyl (C=O) groups excluding carboxylic acids is 2. The lowest BCUT2D eigenvalue weighted by atomic mass is 9.68. The van der Waals surface area contributed by atoms with E-state index in [2.05, 4.69) is 45.1 Å². The van der Waals surface area contributed by atoms with E-state index in [9.17, 15) is 13.8 Å². The summed E-state index contributed by atoms with van der Waals surface area (Å²) in [6.07, 6.45) is 10.9. The van der Waals surface area contributed by atoms with Gasteiger partial charge >= 0.3 is 0 Å². The zero-order valence-electron chi connectivity index (χ0n) is 26.9. The molecule has 1 fully saturated rings. The van der Waals surface area contributed by atoms with Crippen LogP contribution in [0.3, 0.4) is 0 Å². The molecule has 6 atom stereocenters. The van der Waals surface area contributed by atoms with Gasteiger partial charge in [0.15, 0.2) is 0 Å². The average molecular weight is 668 g/mol. The summed E-state index contributed by atoms with van der Waals surface area (Å²) in [6, 6.07) is 11.8. The number of carbonyl (C=O) groups is 2. The summed E-state index contributed by atoms with van der Waals surface area (Å²) in [5.41, 5.74) is 3.61. The number of hydrogen-bond acceptors (Lipinski definition) is 6. The number of amides is 2. The lowest BCUT2D eigenvalue weighted by molar-refractivity contribution is -0.128. The molecule has 0 aromatic heterocycles. The van der Waals surface area contributed by atoms with Crippen molar-refractivity contribution in [2.24, 2.45) is 11.8 Å². The number of ether oxygens (including phenoxy) is 2. The third kappa shape index (κ3) is 6.69. The summed E-state index contributed by atoms with van der Waals surface area (Å²) in [4.78, 5) is 28.2. The van der Waals surface area contributed by atoms with Gasteiger partial charge in [-0.05, 0) is 111 Å². The SMILES string of the molecule is C=S1(=O)NC(=O)c2ccc3c(c2)N(C[C@@H]2CC[C@H]2[C@@H](OCC(=O)NC)/C=C\CC[C@H]1CC)C[C@@]1(CCCc2cc(Cl)ccc21)CO3. The van der Waals surface area contributed by atoms with Crippen LogP contribution in [-0.4, -0.2) is 66.6 Å². The van der Waals surface area contributed by atoms with Crippen molar-refractivity contribution >= 4 is 44.7 Å². The topological polar surface area (TPSA) is 97.0 Å². The fraction of sp³-hybridized carbons (Fsp3) is 0.528. The van der Waals surface area contributed by atoms with E-state index < -0.39 is 9.71 Å². The second kappa shape index (κ2) is 13.6. The Morgan fingerprint density at radius 1 is 1.24 bits per heavy atom. The number of likely N-dealkylation sites (N-methyl/N-ethyl adjacent to an activating group) is 1. The molecule has 2 heterocycles. The molecule has 0 radical (unpaired) electrons. The number of anilines is 1. The fourth-order valence-corrected chi connectivity index (χ4v) is 9.68. The minimum atomic E-state index is -2.92. The van der Waals surface area contributed by atoms with E-state index in [0.717, 1.165) is 61.7 Å². The molecule has 2 bridgehead atoms. The van der Waals surface area contributed by atoms with Gasteiger partial charge in [0.25, 0.3) is 5.91 Å². The van der Waals surface area contributed by atoms with Gasteiger partial charge in [0.2, 0.25) is 5.91 Å². The van der Waals surface area contributed by atoms with Crippen LogP contribution in [0.2, 0.25) is 5.02 Å². The van der Waals surface area contributed by atoms with Crippen LogP contribution in [0.5, 0.6) is 5.75 Å². The van der Waals surface area contributed by atoms with Gasteiger partial charge in [-0.3, -0.25) is 14.3 Å². The number of fused-ring (bicyclic) bond motifs is 4. The van der Waals surface area contributed by atoms with Gasteiger partial charge in [-0.15, -0.1) is 0 Å². The summed E-state index contributed by atoms with van der Waals surface area (Å²) in [5, 5.41) is 3.13. The van der Waals surface area contributed by atoms with E-state index in [1.807, 2.05) is 25.1 Å². The maximum atomic E-state index is 13.8. The highest BCUT2D eigenvalue weighted by Crippen LogP contribution is 2.47. The number of nitrogens with one attached hydrogen (secondary N) is 2. The molecule has 2 aliphatic carbocycles. The summed E-state index contributed by atoms with van der Waals surface area (Å²) in [7, 11) is -1.30. The van der Waals surface area contributed by atoms with Crippen molar-refractivity contribution < 1.29 is 23.3 Å². The van der Waals surface area contributed by atoms with Crippen LogP contribution in [0, 0.1) is 11.8 Å². The van der Waals surface area contributed by atoms with Crippen LogP contribution in [0.4, 0.5) is 5.69 Å². The first kappa shape index (κ1) is 32.9. The molecule has 2 N–H and O–H groups in total. The first-order valence-electron chi connectivity index (χ1n) is 16.6. The Hall–Kier alpha value is -3.01. The second-order valence-corrected chi connectivity index (χ2v) is 16.2. The van der Waals surface area contributed by atoms with Gasteiger partial charge in [0.1, 0.15) is 12.4 Å². The van der Waals surface area contributed by atoms with Gasteiger partial charge in [-0.2, -0.15) is 0 Å². The highest BCUT2D eigenvalue weighted by molar-refractivity contribution is 7.99. The number of benzene rings is 2. The number of halogens is 1. The summed E-state index contributed by atoms with van der Waals surface area (Å²) < 4.78 is 29.4. The van der Waals surface area contributed by atoms with Crippen molar-refractivity contribution in [2.45, 2.75) is 75.1 Å². The Balaban J connectivity index is 1.41. The monoisotopic (exact) mass is 667 g/mol. The molecule has 1 unspecified atom stereocenters. The minimum absolute atomic E-state index is 0.00273. The first-order chi connectivity index (χ1) is 22.1. The molecule has 8 nitrogen and oxygen atoms in total. The molecule has 10 heteroatoms. The van der Waals surface area contributed by atoms with E-state index >= 15 is 0 Å². The lowest BCUT2D eigenvalue weighted by Gasteiger charge is -2.46. The average Bonchev–Trinajstić information content (AvgIpc) is 3.17. The van der Waals surface area contributed by atoms with Crippen molar-refractivity contribution in [1.29, 1.82) is 0 Å². The molecule has 2 aromatic rings.